The zero-order chi connectivity index (χ0) is 25.4. The first-order chi connectivity index (χ1) is 16.4. The highest BCUT2D eigenvalue weighted by Gasteiger charge is 2.40. The zero-order valence-electron chi connectivity index (χ0n) is 17.7. The molecule has 14 heteroatoms. The number of aromatic nitrogens is 3. The molecule has 0 fully saturated rings. The number of sulfonamides is 1. The summed E-state index contributed by atoms with van der Waals surface area (Å²) < 4.78 is 74.0. The molecule has 0 aliphatic rings. The monoisotopic (exact) mass is 525 g/mol. The minimum absolute atomic E-state index is 0.0164. The van der Waals surface area contributed by atoms with Gasteiger partial charge in [0.05, 0.1) is 22.3 Å². The molecule has 0 atom stereocenters. The number of benzene rings is 2. The van der Waals surface area contributed by atoms with Gasteiger partial charge in [-0.3, -0.25) is 9.52 Å². The Morgan fingerprint density at radius 2 is 1.74 bits per heavy atom. The SMILES string of the molecule is Cc1cc(NS(=O)(=O)c2ccc(NC(=O)c3cnn(-c4ccc(Cl)cc4)c3C(F)(F)F)cc2)no1. The summed E-state index contributed by atoms with van der Waals surface area (Å²) in [4.78, 5) is 12.5. The lowest BCUT2D eigenvalue weighted by Gasteiger charge is -2.13. The van der Waals surface area contributed by atoms with E-state index in [4.69, 9.17) is 16.1 Å². The van der Waals surface area contributed by atoms with Gasteiger partial charge >= 0.3 is 6.18 Å². The third-order valence-electron chi connectivity index (χ3n) is 4.64. The van der Waals surface area contributed by atoms with E-state index in [2.05, 4.69) is 20.3 Å². The molecule has 182 valence electrons. The highest BCUT2D eigenvalue weighted by atomic mass is 35.5. The topological polar surface area (TPSA) is 119 Å². The Balaban J connectivity index is 1.56. The number of rotatable bonds is 6. The van der Waals surface area contributed by atoms with Crippen molar-refractivity contribution in [3.63, 3.8) is 0 Å². The highest BCUT2D eigenvalue weighted by molar-refractivity contribution is 7.92. The van der Waals surface area contributed by atoms with Crippen LogP contribution < -0.4 is 10.0 Å². The lowest BCUT2D eigenvalue weighted by molar-refractivity contribution is -0.143. The maximum absolute atomic E-state index is 13.8. The number of alkyl halides is 3. The van der Waals surface area contributed by atoms with E-state index in [0.29, 0.717) is 15.5 Å². The fourth-order valence-corrected chi connectivity index (χ4v) is 4.20. The van der Waals surface area contributed by atoms with Crippen LogP contribution in [0.5, 0.6) is 0 Å². The predicted molar refractivity (Wildman–Crippen MR) is 120 cm³/mol. The molecule has 2 aromatic heterocycles. The number of anilines is 2. The highest BCUT2D eigenvalue weighted by Crippen LogP contribution is 2.34. The molecule has 2 heterocycles. The molecular weight excluding hydrogens is 511 g/mol. The molecular formula is C21H15ClF3N5O4S. The molecule has 0 spiro atoms. The Morgan fingerprint density at radius 3 is 2.31 bits per heavy atom. The van der Waals surface area contributed by atoms with Gasteiger partial charge in [-0.1, -0.05) is 16.8 Å². The van der Waals surface area contributed by atoms with Crippen molar-refractivity contribution in [1.29, 1.82) is 0 Å². The number of carbonyl (C=O) groups is 1. The van der Waals surface area contributed by atoms with Crippen LogP contribution in [-0.4, -0.2) is 29.3 Å². The van der Waals surface area contributed by atoms with Gasteiger partial charge in [-0.05, 0) is 55.5 Å². The molecule has 0 radical (unpaired) electrons. The van der Waals surface area contributed by atoms with Crippen molar-refractivity contribution in [1.82, 2.24) is 14.9 Å². The second-order valence-corrected chi connectivity index (χ2v) is 9.32. The summed E-state index contributed by atoms with van der Waals surface area (Å²) in [6, 6.07) is 11.7. The fraction of sp³-hybridized carbons (Fsp3) is 0.0952. The number of hydrogen-bond acceptors (Lipinski definition) is 6. The van der Waals surface area contributed by atoms with Crippen LogP contribution in [0.25, 0.3) is 5.69 Å². The number of nitrogens with one attached hydrogen (secondary N) is 2. The van der Waals surface area contributed by atoms with E-state index in [1.165, 1.54) is 54.6 Å². The summed E-state index contributed by atoms with van der Waals surface area (Å²) in [5.74, 6) is -0.694. The zero-order valence-corrected chi connectivity index (χ0v) is 19.2. The minimum atomic E-state index is -4.90. The minimum Gasteiger partial charge on any atom is -0.360 e. The first-order valence-electron chi connectivity index (χ1n) is 9.73. The molecule has 0 aliphatic carbocycles. The van der Waals surface area contributed by atoms with Crippen molar-refractivity contribution in [2.45, 2.75) is 18.0 Å². The van der Waals surface area contributed by atoms with Gasteiger partial charge in [0.25, 0.3) is 15.9 Å². The maximum atomic E-state index is 13.8. The molecule has 2 aromatic carbocycles. The molecule has 0 saturated carbocycles. The summed E-state index contributed by atoms with van der Waals surface area (Å²) in [5.41, 5.74) is -1.86. The Bertz CT molecular complexity index is 1480. The van der Waals surface area contributed by atoms with Crippen LogP contribution in [0.15, 0.2) is 70.2 Å². The summed E-state index contributed by atoms with van der Waals surface area (Å²) in [7, 11) is -4.01. The quantitative estimate of drug-likeness (QED) is 0.370. The van der Waals surface area contributed by atoms with Gasteiger partial charge in [-0.15, -0.1) is 0 Å². The Hall–Kier alpha value is -3.84. The van der Waals surface area contributed by atoms with Gasteiger partial charge in [0, 0.05) is 16.8 Å². The van der Waals surface area contributed by atoms with Crippen molar-refractivity contribution in [3.8, 4) is 5.69 Å². The van der Waals surface area contributed by atoms with Crippen LogP contribution in [0.1, 0.15) is 21.8 Å². The Kier molecular flexibility index (Phi) is 6.30. The van der Waals surface area contributed by atoms with Crippen molar-refractivity contribution in [3.05, 3.63) is 82.8 Å². The van der Waals surface area contributed by atoms with E-state index in [1.54, 1.807) is 6.92 Å². The van der Waals surface area contributed by atoms with Crippen LogP contribution in [-0.2, 0) is 16.2 Å². The molecule has 0 unspecified atom stereocenters. The molecule has 0 aliphatic heterocycles. The van der Waals surface area contributed by atoms with E-state index in [0.717, 1.165) is 6.20 Å². The van der Waals surface area contributed by atoms with Gasteiger partial charge in [0.15, 0.2) is 11.5 Å². The second-order valence-electron chi connectivity index (χ2n) is 7.20. The third kappa shape index (κ3) is 5.30. The Labute approximate surface area is 201 Å². The van der Waals surface area contributed by atoms with Gasteiger partial charge in [0.1, 0.15) is 5.76 Å². The average Bonchev–Trinajstić information content (AvgIpc) is 3.41. The third-order valence-corrected chi connectivity index (χ3v) is 6.27. The van der Waals surface area contributed by atoms with Crippen LogP contribution in [0.2, 0.25) is 5.02 Å². The number of nitrogens with zero attached hydrogens (tertiary/aromatic N) is 3. The number of amides is 1. The Morgan fingerprint density at radius 1 is 1.09 bits per heavy atom. The number of aryl methyl sites for hydroxylation is 1. The molecule has 2 N–H and O–H groups in total. The van der Waals surface area contributed by atoms with Crippen LogP contribution in [0, 0.1) is 6.92 Å². The largest absolute Gasteiger partial charge is 0.434 e. The van der Waals surface area contributed by atoms with Crippen molar-refractivity contribution >= 4 is 39.0 Å². The van der Waals surface area contributed by atoms with Crippen LogP contribution >= 0.6 is 11.6 Å². The van der Waals surface area contributed by atoms with Gasteiger partial charge < -0.3 is 9.84 Å². The normalized spacial score (nSPS) is 11.9. The second kappa shape index (κ2) is 9.07. The molecule has 0 saturated heterocycles. The summed E-state index contributed by atoms with van der Waals surface area (Å²) in [6.45, 7) is 1.59. The maximum Gasteiger partial charge on any atom is 0.434 e. The molecule has 35 heavy (non-hydrogen) atoms. The lowest BCUT2D eigenvalue weighted by Crippen LogP contribution is -2.20. The molecule has 1 amide bonds. The molecule has 4 rings (SSSR count). The summed E-state index contributed by atoms with van der Waals surface area (Å²) in [6.07, 6.45) is -4.10. The van der Waals surface area contributed by atoms with E-state index in [9.17, 15) is 26.4 Å². The summed E-state index contributed by atoms with van der Waals surface area (Å²) in [5, 5.41) is 9.91. The molecule has 0 bridgehead atoms. The summed E-state index contributed by atoms with van der Waals surface area (Å²) >= 11 is 5.79. The van der Waals surface area contributed by atoms with E-state index in [-0.39, 0.29) is 22.1 Å². The average molecular weight is 526 g/mol. The first kappa shape index (κ1) is 24.3. The first-order valence-corrected chi connectivity index (χ1v) is 11.6. The smallest absolute Gasteiger partial charge is 0.360 e. The standard InChI is InChI=1S/C21H15ClF3N5O4S/c1-12-10-18(28-34-12)29-35(32,33)16-8-4-14(5-9-16)27-20(31)17-11-26-30(19(17)21(23,24)25)15-6-2-13(22)3-7-15/h2-11H,1H3,(H,27,31)(H,28,29). The van der Waals surface area contributed by atoms with E-state index < -0.39 is 33.4 Å². The number of halogens is 4. The number of carbonyl (C=O) groups excluding carboxylic acids is 1. The fourth-order valence-electron chi connectivity index (χ4n) is 3.09. The van der Waals surface area contributed by atoms with Gasteiger partial charge in [-0.25, -0.2) is 13.1 Å². The predicted octanol–water partition coefficient (Wildman–Crippen LogP) is 4.89. The van der Waals surface area contributed by atoms with E-state index in [1.807, 2.05) is 0 Å². The molecule has 9 nitrogen and oxygen atoms in total. The number of hydrogen-bond donors (Lipinski definition) is 2. The van der Waals surface area contributed by atoms with E-state index >= 15 is 0 Å². The lowest BCUT2D eigenvalue weighted by atomic mass is 10.2. The van der Waals surface area contributed by atoms with Crippen LogP contribution in [0.4, 0.5) is 24.7 Å². The van der Waals surface area contributed by atoms with Crippen molar-refractivity contribution in [2.24, 2.45) is 0 Å². The molecule has 4 aromatic rings. The van der Waals surface area contributed by atoms with Gasteiger partial charge in [0.2, 0.25) is 0 Å². The van der Waals surface area contributed by atoms with Crippen molar-refractivity contribution < 1.29 is 30.9 Å². The van der Waals surface area contributed by atoms with Crippen molar-refractivity contribution in [2.75, 3.05) is 10.0 Å². The van der Waals surface area contributed by atoms with Crippen LogP contribution in [0.3, 0.4) is 0 Å². The van der Waals surface area contributed by atoms with Gasteiger partial charge in [-0.2, -0.15) is 18.3 Å².